The molecule has 1 unspecified atom stereocenters. The van der Waals surface area contributed by atoms with Crippen LogP contribution in [0.15, 0.2) is 0 Å². The highest BCUT2D eigenvalue weighted by Gasteiger charge is 2.41. The molecule has 0 fully saturated rings. The van der Waals surface area contributed by atoms with E-state index >= 15 is 0 Å². The first-order valence-electron chi connectivity index (χ1n) is 3.31. The van der Waals surface area contributed by atoms with E-state index in [1.54, 1.807) is 6.92 Å². The zero-order valence-corrected chi connectivity index (χ0v) is 6.12. The van der Waals surface area contributed by atoms with Gasteiger partial charge in [0.2, 0.25) is 0 Å². The summed E-state index contributed by atoms with van der Waals surface area (Å²) in [6.07, 6.45) is -6.89. The molecule has 0 aliphatic heterocycles. The first-order chi connectivity index (χ1) is 4.98. The van der Waals surface area contributed by atoms with Crippen LogP contribution in [0.4, 0.5) is 17.6 Å². The summed E-state index contributed by atoms with van der Waals surface area (Å²) in [5.41, 5.74) is 0. The molecule has 0 aromatic carbocycles. The van der Waals surface area contributed by atoms with Crippen LogP contribution in [0.25, 0.3) is 0 Å². The van der Waals surface area contributed by atoms with Crippen LogP contribution in [-0.4, -0.2) is 19.1 Å². The van der Waals surface area contributed by atoms with E-state index in [4.69, 9.17) is 0 Å². The van der Waals surface area contributed by atoms with Crippen LogP contribution in [0.3, 0.4) is 0 Å². The maximum atomic E-state index is 11.9. The summed E-state index contributed by atoms with van der Waals surface area (Å²) in [6, 6.07) is 0. The number of halogens is 4. The maximum absolute atomic E-state index is 11.9. The molecule has 1 nitrogen and oxygen atoms in total. The molecule has 0 saturated heterocycles. The van der Waals surface area contributed by atoms with Crippen molar-refractivity contribution in [3.05, 3.63) is 0 Å². The Morgan fingerprint density at radius 3 is 2.27 bits per heavy atom. The minimum atomic E-state index is -4.88. The Labute approximate surface area is 62.3 Å². The van der Waals surface area contributed by atoms with Gasteiger partial charge in [-0.15, -0.1) is 0 Å². The highest BCUT2D eigenvalue weighted by Crippen LogP contribution is 2.23. The van der Waals surface area contributed by atoms with Gasteiger partial charge in [0.15, 0.2) is 0 Å². The summed E-state index contributed by atoms with van der Waals surface area (Å²) in [4.78, 5) is 0. The summed E-state index contributed by atoms with van der Waals surface area (Å²) in [7, 11) is 0. The summed E-state index contributed by atoms with van der Waals surface area (Å²) in [6.45, 7) is 1.60. The SMILES string of the molecule is CCCCOC(F)C(F)(F)F. The molecule has 11 heavy (non-hydrogen) atoms. The third-order valence-corrected chi connectivity index (χ3v) is 1.02. The van der Waals surface area contributed by atoms with E-state index < -0.39 is 12.5 Å². The second-order valence-electron chi connectivity index (χ2n) is 2.08. The fourth-order valence-electron chi connectivity index (χ4n) is 0.426. The van der Waals surface area contributed by atoms with Crippen LogP contribution in [0, 0.1) is 0 Å². The first-order valence-corrected chi connectivity index (χ1v) is 3.31. The van der Waals surface area contributed by atoms with E-state index in [1.807, 2.05) is 0 Å². The van der Waals surface area contributed by atoms with Crippen LogP contribution in [0.5, 0.6) is 0 Å². The van der Waals surface area contributed by atoms with E-state index in [1.165, 1.54) is 0 Å². The van der Waals surface area contributed by atoms with Crippen molar-refractivity contribution < 1.29 is 22.3 Å². The number of unbranched alkanes of at least 4 members (excludes halogenated alkanes) is 1. The number of alkyl halides is 4. The zero-order chi connectivity index (χ0) is 8.91. The lowest BCUT2D eigenvalue weighted by molar-refractivity contribution is -0.264. The molecule has 0 aliphatic rings. The molecule has 0 heterocycles. The molecule has 68 valence electrons. The number of rotatable bonds is 4. The number of ether oxygens (including phenoxy) is 1. The highest BCUT2D eigenvalue weighted by molar-refractivity contribution is 4.53. The van der Waals surface area contributed by atoms with Crippen LogP contribution >= 0.6 is 0 Å². The molecule has 1 atom stereocenters. The highest BCUT2D eigenvalue weighted by atomic mass is 19.4. The van der Waals surface area contributed by atoms with E-state index in [9.17, 15) is 17.6 Å². The monoisotopic (exact) mass is 174 g/mol. The van der Waals surface area contributed by atoms with Crippen molar-refractivity contribution >= 4 is 0 Å². The van der Waals surface area contributed by atoms with Crippen molar-refractivity contribution in [2.24, 2.45) is 0 Å². The molecule has 0 radical (unpaired) electrons. The van der Waals surface area contributed by atoms with E-state index in [0.29, 0.717) is 12.8 Å². The Balaban J connectivity index is 3.44. The van der Waals surface area contributed by atoms with Gasteiger partial charge in [0.05, 0.1) is 6.61 Å². The molecule has 5 heteroatoms. The lowest BCUT2D eigenvalue weighted by Gasteiger charge is -2.12. The normalized spacial score (nSPS) is 15.0. The third-order valence-electron chi connectivity index (χ3n) is 1.02. The van der Waals surface area contributed by atoms with E-state index in [2.05, 4.69) is 4.74 Å². The van der Waals surface area contributed by atoms with Gasteiger partial charge in [0.25, 0.3) is 6.36 Å². The van der Waals surface area contributed by atoms with Gasteiger partial charge in [0.1, 0.15) is 0 Å². The average Bonchev–Trinajstić information content (AvgIpc) is 1.86. The van der Waals surface area contributed by atoms with Crippen molar-refractivity contribution in [2.45, 2.75) is 32.3 Å². The quantitative estimate of drug-likeness (QED) is 0.470. The molecular weight excluding hydrogens is 164 g/mol. The van der Waals surface area contributed by atoms with Gasteiger partial charge < -0.3 is 4.74 Å². The van der Waals surface area contributed by atoms with Crippen molar-refractivity contribution in [2.75, 3.05) is 6.61 Å². The lowest BCUT2D eigenvalue weighted by Crippen LogP contribution is -2.27. The van der Waals surface area contributed by atoms with Gasteiger partial charge in [-0.3, -0.25) is 0 Å². The molecule has 0 aromatic heterocycles. The van der Waals surface area contributed by atoms with Crippen LogP contribution in [-0.2, 0) is 4.74 Å². The molecule has 0 aliphatic carbocycles. The molecule has 0 amide bonds. The Hall–Kier alpha value is -0.320. The van der Waals surface area contributed by atoms with Gasteiger partial charge in [-0.1, -0.05) is 13.3 Å². The van der Waals surface area contributed by atoms with Gasteiger partial charge >= 0.3 is 6.18 Å². The van der Waals surface area contributed by atoms with Gasteiger partial charge in [-0.2, -0.15) is 13.2 Å². The van der Waals surface area contributed by atoms with Crippen molar-refractivity contribution in [1.29, 1.82) is 0 Å². The van der Waals surface area contributed by atoms with Crippen LogP contribution < -0.4 is 0 Å². The second-order valence-corrected chi connectivity index (χ2v) is 2.08. The average molecular weight is 174 g/mol. The summed E-state index contributed by atoms with van der Waals surface area (Å²) in [5, 5.41) is 0. The third kappa shape index (κ3) is 5.01. The minimum Gasteiger partial charge on any atom is -0.341 e. The molecule has 0 spiro atoms. The summed E-state index contributed by atoms with van der Waals surface area (Å²) < 4.78 is 49.9. The molecule has 0 aromatic rings. The molecule has 0 bridgehead atoms. The van der Waals surface area contributed by atoms with Crippen LogP contribution in [0.2, 0.25) is 0 Å². The molecule has 0 saturated carbocycles. The fourth-order valence-corrected chi connectivity index (χ4v) is 0.426. The number of hydrogen-bond acceptors (Lipinski definition) is 1. The van der Waals surface area contributed by atoms with Crippen molar-refractivity contribution in [3.63, 3.8) is 0 Å². The fraction of sp³-hybridized carbons (Fsp3) is 1.00. The molecular formula is C6H10F4O. The smallest absolute Gasteiger partial charge is 0.341 e. The van der Waals surface area contributed by atoms with E-state index in [-0.39, 0.29) is 6.61 Å². The predicted molar refractivity (Wildman–Crippen MR) is 31.8 cm³/mol. The predicted octanol–water partition coefficient (Wildman–Crippen LogP) is 2.66. The maximum Gasteiger partial charge on any atom is 0.445 e. The Bertz CT molecular complexity index is 101. The molecule has 0 rings (SSSR count). The lowest BCUT2D eigenvalue weighted by atomic mass is 10.4. The summed E-state index contributed by atoms with van der Waals surface area (Å²) >= 11 is 0. The zero-order valence-electron chi connectivity index (χ0n) is 6.12. The largest absolute Gasteiger partial charge is 0.445 e. The first kappa shape index (κ1) is 10.7. The van der Waals surface area contributed by atoms with Gasteiger partial charge in [-0.05, 0) is 6.42 Å². The van der Waals surface area contributed by atoms with E-state index in [0.717, 1.165) is 0 Å². The summed E-state index contributed by atoms with van der Waals surface area (Å²) in [5.74, 6) is 0. The van der Waals surface area contributed by atoms with Crippen molar-refractivity contribution in [1.82, 2.24) is 0 Å². The van der Waals surface area contributed by atoms with Gasteiger partial charge in [-0.25, -0.2) is 4.39 Å². The Kier molecular flexibility index (Phi) is 4.40. The Morgan fingerprint density at radius 2 is 1.91 bits per heavy atom. The second kappa shape index (κ2) is 4.54. The van der Waals surface area contributed by atoms with Gasteiger partial charge in [0, 0.05) is 0 Å². The standard InChI is InChI=1S/C6H10F4O/c1-2-3-4-11-5(7)6(8,9)10/h5H,2-4H2,1H3. The minimum absolute atomic E-state index is 0.183. The van der Waals surface area contributed by atoms with Crippen LogP contribution in [0.1, 0.15) is 19.8 Å². The molecule has 0 N–H and O–H groups in total. The topological polar surface area (TPSA) is 9.23 Å². The van der Waals surface area contributed by atoms with Crippen molar-refractivity contribution in [3.8, 4) is 0 Å². The Morgan fingerprint density at radius 1 is 1.36 bits per heavy atom. The number of hydrogen-bond donors (Lipinski definition) is 0.